The first kappa shape index (κ1) is 43.9. The van der Waals surface area contributed by atoms with Crippen molar-refractivity contribution >= 4 is 60.0 Å². The number of esters is 1. The summed E-state index contributed by atoms with van der Waals surface area (Å²) in [6.45, 7) is 7.28. The molecule has 0 amide bonds. The second-order valence-corrected chi connectivity index (χ2v) is 13.4. The minimum absolute atomic E-state index is 0.0177. The van der Waals surface area contributed by atoms with Crippen molar-refractivity contribution in [3.8, 4) is 0 Å². The number of nitrogens with zero attached hydrogens (tertiary/aromatic N) is 3. The number of aromatic nitrogens is 4. The first-order valence-corrected chi connectivity index (χ1v) is 18.8. The Morgan fingerprint density at radius 3 is 2.24 bits per heavy atom. The van der Waals surface area contributed by atoms with Gasteiger partial charge in [0.25, 0.3) is 5.56 Å². The minimum atomic E-state index is -3.58. The Morgan fingerprint density at radius 2 is 1.60 bits per heavy atom. The van der Waals surface area contributed by atoms with E-state index in [2.05, 4.69) is 30.6 Å². The second-order valence-electron chi connectivity index (χ2n) is 11.7. The average molecular weight is 785 g/mol. The van der Waals surface area contributed by atoms with E-state index >= 15 is 0 Å². The normalized spacial score (nSPS) is 11.6. The molecule has 0 spiro atoms. The highest BCUT2D eigenvalue weighted by molar-refractivity contribution is 7.48. The largest absolute Gasteiger partial charge is 0.481 e. The van der Waals surface area contributed by atoms with Crippen molar-refractivity contribution in [2.75, 3.05) is 37.1 Å². The van der Waals surface area contributed by atoms with E-state index in [4.69, 9.17) is 28.5 Å². The fourth-order valence-corrected chi connectivity index (χ4v) is 5.73. The number of nitrogens with one attached hydrogen (secondary N) is 3. The Hall–Kier alpha value is -5.55. The van der Waals surface area contributed by atoms with Gasteiger partial charge in [0.15, 0.2) is 16.9 Å². The van der Waals surface area contributed by atoms with Gasteiger partial charge in [-0.1, -0.05) is 19.1 Å². The monoisotopic (exact) mass is 784 g/mol. The van der Waals surface area contributed by atoms with Crippen LogP contribution in [-0.4, -0.2) is 80.3 Å². The number of H-pyrrole nitrogens is 1. The van der Waals surface area contributed by atoms with Crippen LogP contribution in [0.15, 0.2) is 59.5 Å². The van der Waals surface area contributed by atoms with Crippen molar-refractivity contribution in [2.24, 2.45) is 5.92 Å². The third kappa shape index (κ3) is 14.7. The minimum Gasteiger partial charge on any atom is -0.481 e. The molecule has 1 atom stereocenters. The number of hydrogen-bond donors (Lipinski definition) is 5. The number of fused-ring (bicyclic) bond motifs is 1. The van der Waals surface area contributed by atoms with E-state index in [1.165, 1.54) is 20.0 Å². The first-order valence-electron chi connectivity index (χ1n) is 17.4. The number of para-hydroxylation sites is 1. The molecule has 0 aliphatic rings. The zero-order valence-electron chi connectivity index (χ0n) is 30.9. The van der Waals surface area contributed by atoms with E-state index in [0.29, 0.717) is 36.3 Å². The number of ketones is 1. The molecule has 19 heteroatoms. The molecule has 0 aliphatic carbocycles. The van der Waals surface area contributed by atoms with Gasteiger partial charge in [-0.25, -0.2) is 19.3 Å². The highest BCUT2D eigenvalue weighted by Gasteiger charge is 2.25. The molecule has 296 valence electrons. The zero-order chi connectivity index (χ0) is 40.4. The van der Waals surface area contributed by atoms with E-state index < -0.39 is 37.2 Å². The summed E-state index contributed by atoms with van der Waals surface area (Å²) in [4.78, 5) is 72.9. The number of Topliss-reactive ketones (excluding diaryl/α,β-unsaturated/α-hetero) is 1. The lowest BCUT2D eigenvalue weighted by Gasteiger charge is -2.16. The van der Waals surface area contributed by atoms with Gasteiger partial charge in [-0.2, -0.15) is 4.98 Å². The van der Waals surface area contributed by atoms with Crippen molar-refractivity contribution < 1.29 is 52.3 Å². The maximum absolute atomic E-state index is 12.9. The van der Waals surface area contributed by atoms with Crippen LogP contribution in [0.2, 0.25) is 0 Å². The SMILES string of the molecule is CC(CCC(=O)O)C(=O)O.CCOP(=O)(OCC)OCCCCOC(=O)c1ccccc1Nc1nc2ncc(CNc3ccc(C(C)=O)cc3)nc2c(=O)[nH]1. The summed E-state index contributed by atoms with van der Waals surface area (Å²) < 4.78 is 33.2. The van der Waals surface area contributed by atoms with Crippen molar-refractivity contribution in [1.29, 1.82) is 0 Å². The van der Waals surface area contributed by atoms with E-state index in [9.17, 15) is 28.5 Å². The van der Waals surface area contributed by atoms with Gasteiger partial charge >= 0.3 is 25.7 Å². The molecule has 0 saturated heterocycles. The van der Waals surface area contributed by atoms with Crippen molar-refractivity contribution in [1.82, 2.24) is 19.9 Å². The Labute approximate surface area is 316 Å². The number of carboxylic acid groups (broad SMARTS) is 2. The lowest BCUT2D eigenvalue weighted by atomic mass is 10.1. The fraction of sp³-hybridized carbons (Fsp3) is 0.389. The van der Waals surface area contributed by atoms with Crippen LogP contribution in [0.1, 0.15) is 79.8 Å². The summed E-state index contributed by atoms with van der Waals surface area (Å²) in [7, 11) is -3.58. The van der Waals surface area contributed by atoms with Crippen LogP contribution >= 0.6 is 7.82 Å². The molecule has 18 nitrogen and oxygen atoms in total. The third-order valence-electron chi connectivity index (χ3n) is 7.44. The summed E-state index contributed by atoms with van der Waals surface area (Å²) >= 11 is 0. The molecule has 0 aliphatic heterocycles. The van der Waals surface area contributed by atoms with Gasteiger partial charge in [-0.15, -0.1) is 0 Å². The number of anilines is 3. The molecule has 2 heterocycles. The molecule has 0 radical (unpaired) electrons. The molecule has 4 aromatic rings. The fourth-order valence-electron chi connectivity index (χ4n) is 4.53. The molecule has 55 heavy (non-hydrogen) atoms. The Balaban J connectivity index is 0.000000712. The lowest BCUT2D eigenvalue weighted by molar-refractivity contribution is -0.142. The molecular weight excluding hydrogens is 739 g/mol. The molecular formula is C36H45N6O12P. The number of hydrogen-bond acceptors (Lipinski definition) is 15. The predicted molar refractivity (Wildman–Crippen MR) is 201 cm³/mol. The zero-order valence-corrected chi connectivity index (χ0v) is 31.8. The number of carbonyl (C=O) groups excluding carboxylic acids is 2. The number of unbranched alkanes of at least 4 members (excludes halogenated alkanes) is 1. The number of carboxylic acids is 2. The Kier molecular flexibility index (Phi) is 17.5. The molecule has 0 fully saturated rings. The van der Waals surface area contributed by atoms with E-state index in [-0.39, 0.29) is 67.7 Å². The average Bonchev–Trinajstić information content (AvgIpc) is 3.15. The maximum atomic E-state index is 12.9. The maximum Gasteiger partial charge on any atom is 0.474 e. The molecule has 0 bridgehead atoms. The van der Waals surface area contributed by atoms with Crippen LogP contribution in [0.5, 0.6) is 0 Å². The first-order chi connectivity index (χ1) is 26.2. The number of aliphatic carboxylic acids is 2. The summed E-state index contributed by atoms with van der Waals surface area (Å²) in [6, 6.07) is 13.7. The van der Waals surface area contributed by atoms with Crippen LogP contribution in [0.3, 0.4) is 0 Å². The topological polar surface area (TPSA) is 258 Å². The Morgan fingerprint density at radius 1 is 0.927 bits per heavy atom. The highest BCUT2D eigenvalue weighted by Crippen LogP contribution is 2.49. The van der Waals surface area contributed by atoms with Crippen molar-refractivity contribution in [3.63, 3.8) is 0 Å². The Bertz CT molecular complexity index is 2010. The standard InChI is InChI=1S/C30H35N6O8P.C6H10O4/c1-4-42-45(40,43-5-2)44-17-9-8-16-41-29(39)24-10-6-7-11-25(24)34-30-35-27-26(28(38)36-30)33-23(19-32-27)18-31-22-14-12-21(13-15-22)20(3)37;1-4(6(9)10)2-3-5(7)8/h6-7,10-15,19,31H,4-5,8-9,16-18H2,1-3H3,(H2,32,34,35,36,38);4H,2-3H2,1H3,(H,7,8)(H,9,10). The molecule has 2 aromatic carbocycles. The summed E-state index contributed by atoms with van der Waals surface area (Å²) in [5.41, 5.74) is 2.18. The van der Waals surface area contributed by atoms with Crippen molar-refractivity contribution in [3.05, 3.63) is 81.9 Å². The number of phosphoric ester groups is 1. The number of phosphoric acid groups is 1. The van der Waals surface area contributed by atoms with Gasteiger partial charge in [-0.3, -0.25) is 37.7 Å². The number of aromatic amines is 1. The molecule has 0 saturated carbocycles. The van der Waals surface area contributed by atoms with E-state index in [1.807, 2.05) is 0 Å². The lowest BCUT2D eigenvalue weighted by Crippen LogP contribution is -2.16. The molecule has 1 unspecified atom stereocenters. The predicted octanol–water partition coefficient (Wildman–Crippen LogP) is 5.98. The van der Waals surface area contributed by atoms with Gasteiger partial charge in [0.05, 0.1) is 62.0 Å². The van der Waals surface area contributed by atoms with Crippen LogP contribution in [-0.2, 0) is 39.0 Å². The molecule has 5 N–H and O–H groups in total. The molecule has 2 aromatic heterocycles. The number of benzene rings is 2. The van der Waals surface area contributed by atoms with Gasteiger partial charge in [0.1, 0.15) is 0 Å². The van der Waals surface area contributed by atoms with E-state index in [0.717, 1.165) is 5.69 Å². The van der Waals surface area contributed by atoms with Gasteiger partial charge < -0.3 is 25.6 Å². The number of carbonyl (C=O) groups is 4. The smallest absolute Gasteiger partial charge is 0.474 e. The third-order valence-corrected chi connectivity index (χ3v) is 9.09. The number of ether oxygens (including phenoxy) is 1. The van der Waals surface area contributed by atoms with Gasteiger partial charge in [-0.05, 0) is 76.4 Å². The van der Waals surface area contributed by atoms with Crippen LogP contribution < -0.4 is 16.2 Å². The van der Waals surface area contributed by atoms with Crippen molar-refractivity contribution in [2.45, 2.75) is 59.9 Å². The summed E-state index contributed by atoms with van der Waals surface area (Å²) in [6.07, 6.45) is 2.56. The van der Waals surface area contributed by atoms with Crippen LogP contribution in [0.25, 0.3) is 11.2 Å². The highest BCUT2D eigenvalue weighted by atomic mass is 31.2. The van der Waals surface area contributed by atoms with Gasteiger partial charge in [0, 0.05) is 17.7 Å². The summed E-state index contributed by atoms with van der Waals surface area (Å²) in [5.74, 6) is -2.98. The van der Waals surface area contributed by atoms with Gasteiger partial charge in [0.2, 0.25) is 5.95 Å². The van der Waals surface area contributed by atoms with E-state index in [1.54, 1.807) is 62.4 Å². The summed E-state index contributed by atoms with van der Waals surface area (Å²) in [5, 5.41) is 22.6. The molecule has 4 rings (SSSR count). The van der Waals surface area contributed by atoms with Crippen LogP contribution in [0, 0.1) is 5.92 Å². The number of rotatable bonds is 21. The van der Waals surface area contributed by atoms with Crippen LogP contribution in [0.4, 0.5) is 17.3 Å². The quantitative estimate of drug-likeness (QED) is 0.0282. The second kappa shape index (κ2) is 22.0.